The number of benzene rings is 1. The lowest BCUT2D eigenvalue weighted by molar-refractivity contribution is 0.603. The number of nitrogens with zero attached hydrogens (tertiary/aromatic N) is 1. The van der Waals surface area contributed by atoms with Crippen molar-refractivity contribution in [2.45, 2.75) is 13.0 Å². The van der Waals surface area contributed by atoms with Gasteiger partial charge in [-0.05, 0) is 18.6 Å². The zero-order chi connectivity index (χ0) is 11.4. The summed E-state index contributed by atoms with van der Waals surface area (Å²) < 4.78 is 13.4. The lowest BCUT2D eigenvalue weighted by Gasteiger charge is -2.16. The molecule has 0 atom stereocenters. The minimum Gasteiger partial charge on any atom is -0.356 e. The van der Waals surface area contributed by atoms with Gasteiger partial charge in [-0.2, -0.15) is 0 Å². The van der Waals surface area contributed by atoms with Crippen LogP contribution in [-0.4, -0.2) is 19.0 Å². The molecule has 1 aliphatic rings. The third-order valence-electron chi connectivity index (χ3n) is 2.39. The third-order valence-corrected chi connectivity index (χ3v) is 2.75. The molecule has 3 nitrogen and oxygen atoms in total. The second-order valence-corrected chi connectivity index (χ2v) is 3.97. The topological polar surface area (TPSA) is 36.4 Å². The van der Waals surface area contributed by atoms with E-state index in [0.29, 0.717) is 23.1 Å². The van der Waals surface area contributed by atoms with Crippen molar-refractivity contribution in [3.8, 4) is 0 Å². The van der Waals surface area contributed by atoms with Gasteiger partial charge in [0, 0.05) is 30.2 Å². The van der Waals surface area contributed by atoms with Crippen molar-refractivity contribution < 1.29 is 4.39 Å². The van der Waals surface area contributed by atoms with E-state index in [1.54, 1.807) is 12.1 Å². The molecule has 1 heterocycles. The summed E-state index contributed by atoms with van der Waals surface area (Å²) in [6.07, 6.45) is 1.03. The van der Waals surface area contributed by atoms with E-state index >= 15 is 0 Å². The standard InChI is InChI=1S/C11H13ClFN3.HI/c12-9-3-1-4-10(13)8(9)7-16-11-14-5-2-6-15-11;/h1,3-4H,2,5-7H2,(H2,14,15,16);1H. The first kappa shape index (κ1) is 14.5. The van der Waals surface area contributed by atoms with Gasteiger partial charge in [0.1, 0.15) is 5.82 Å². The second-order valence-electron chi connectivity index (χ2n) is 3.56. The van der Waals surface area contributed by atoms with Crippen molar-refractivity contribution >= 4 is 41.5 Å². The Balaban J connectivity index is 0.00000144. The third kappa shape index (κ3) is 3.99. The molecule has 0 unspecified atom stereocenters. The average molecular weight is 370 g/mol. The Bertz CT molecular complexity index is 391. The highest BCUT2D eigenvalue weighted by atomic mass is 127. The fourth-order valence-corrected chi connectivity index (χ4v) is 1.75. The van der Waals surface area contributed by atoms with Crippen molar-refractivity contribution in [2.75, 3.05) is 13.1 Å². The lowest BCUT2D eigenvalue weighted by Crippen LogP contribution is -2.40. The molecule has 6 heteroatoms. The molecule has 1 aromatic carbocycles. The molecule has 0 aromatic heterocycles. The van der Waals surface area contributed by atoms with Crippen molar-refractivity contribution in [1.82, 2.24) is 10.6 Å². The van der Waals surface area contributed by atoms with Crippen LogP contribution in [0.3, 0.4) is 0 Å². The lowest BCUT2D eigenvalue weighted by atomic mass is 10.2. The molecule has 0 bridgehead atoms. The molecule has 0 saturated heterocycles. The van der Waals surface area contributed by atoms with Crippen LogP contribution >= 0.6 is 35.6 Å². The summed E-state index contributed by atoms with van der Waals surface area (Å²) in [7, 11) is 0. The van der Waals surface area contributed by atoms with E-state index in [1.165, 1.54) is 6.07 Å². The molecule has 2 N–H and O–H groups in total. The van der Waals surface area contributed by atoms with E-state index in [9.17, 15) is 4.39 Å². The smallest absolute Gasteiger partial charge is 0.191 e. The fraction of sp³-hybridized carbons (Fsp3) is 0.364. The highest BCUT2D eigenvalue weighted by Crippen LogP contribution is 2.18. The number of hydrogen-bond donors (Lipinski definition) is 2. The molecule has 0 aliphatic carbocycles. The summed E-state index contributed by atoms with van der Waals surface area (Å²) in [5.74, 6) is 0.418. The highest BCUT2D eigenvalue weighted by Gasteiger charge is 2.08. The fourth-order valence-electron chi connectivity index (χ4n) is 1.52. The first-order chi connectivity index (χ1) is 7.77. The zero-order valence-corrected chi connectivity index (χ0v) is 12.3. The molecular weight excluding hydrogens is 355 g/mol. The van der Waals surface area contributed by atoms with E-state index in [0.717, 1.165) is 19.5 Å². The van der Waals surface area contributed by atoms with Crippen molar-refractivity contribution in [3.05, 3.63) is 34.6 Å². The van der Waals surface area contributed by atoms with Crippen LogP contribution in [0.2, 0.25) is 5.02 Å². The van der Waals surface area contributed by atoms with Gasteiger partial charge >= 0.3 is 0 Å². The van der Waals surface area contributed by atoms with Gasteiger partial charge in [-0.15, -0.1) is 24.0 Å². The van der Waals surface area contributed by atoms with E-state index < -0.39 is 0 Å². The Labute approximate surface area is 122 Å². The Hall–Kier alpha value is -0.560. The van der Waals surface area contributed by atoms with Gasteiger partial charge in [0.15, 0.2) is 5.96 Å². The molecule has 2 rings (SSSR count). The van der Waals surface area contributed by atoms with Crippen LogP contribution in [0.5, 0.6) is 0 Å². The number of guanidine groups is 1. The normalized spacial score (nSPS) is 14.4. The Morgan fingerprint density at radius 1 is 1.47 bits per heavy atom. The zero-order valence-electron chi connectivity index (χ0n) is 9.17. The maximum atomic E-state index is 13.4. The van der Waals surface area contributed by atoms with Gasteiger partial charge in [-0.25, -0.2) is 4.39 Å². The summed E-state index contributed by atoms with van der Waals surface area (Å²) >= 11 is 5.91. The van der Waals surface area contributed by atoms with Crippen LogP contribution < -0.4 is 10.6 Å². The van der Waals surface area contributed by atoms with Gasteiger partial charge in [-0.1, -0.05) is 17.7 Å². The number of halogens is 3. The van der Waals surface area contributed by atoms with Crippen molar-refractivity contribution in [1.29, 1.82) is 0 Å². The summed E-state index contributed by atoms with van der Waals surface area (Å²) in [5.41, 5.74) is 0.472. The monoisotopic (exact) mass is 369 g/mol. The van der Waals surface area contributed by atoms with Crippen LogP contribution in [0.15, 0.2) is 23.2 Å². The maximum Gasteiger partial charge on any atom is 0.191 e. The Morgan fingerprint density at radius 2 is 2.29 bits per heavy atom. The molecule has 1 aliphatic heterocycles. The van der Waals surface area contributed by atoms with E-state index in [1.807, 2.05) is 0 Å². The number of hydrogen-bond acceptors (Lipinski definition) is 3. The van der Waals surface area contributed by atoms with Crippen LogP contribution in [0.25, 0.3) is 0 Å². The van der Waals surface area contributed by atoms with Crippen LogP contribution in [0.4, 0.5) is 4.39 Å². The van der Waals surface area contributed by atoms with Crippen LogP contribution in [-0.2, 0) is 6.54 Å². The van der Waals surface area contributed by atoms with Crippen LogP contribution in [0, 0.1) is 5.82 Å². The summed E-state index contributed by atoms with van der Waals surface area (Å²) in [5, 5.41) is 6.57. The molecule has 0 spiro atoms. The SMILES string of the molecule is Fc1cccc(Cl)c1CNC1=NCCCN1.I. The summed E-state index contributed by atoms with van der Waals surface area (Å²) in [4.78, 5) is 4.23. The molecule has 0 amide bonds. The first-order valence-electron chi connectivity index (χ1n) is 5.22. The van der Waals surface area contributed by atoms with Gasteiger partial charge in [0.2, 0.25) is 0 Å². The minimum absolute atomic E-state index is 0. The quantitative estimate of drug-likeness (QED) is 0.786. The van der Waals surface area contributed by atoms with Crippen LogP contribution in [0.1, 0.15) is 12.0 Å². The Kier molecular flexibility index (Phi) is 5.97. The molecule has 0 fully saturated rings. The van der Waals surface area contributed by atoms with Gasteiger partial charge in [0.05, 0.1) is 0 Å². The summed E-state index contributed by atoms with van der Waals surface area (Å²) in [6, 6.07) is 4.67. The average Bonchev–Trinajstić information content (AvgIpc) is 2.30. The van der Waals surface area contributed by atoms with Gasteiger partial charge < -0.3 is 10.6 Å². The predicted molar refractivity (Wildman–Crippen MR) is 78.6 cm³/mol. The molecular formula is C11H14ClFIN3. The molecule has 0 radical (unpaired) electrons. The largest absolute Gasteiger partial charge is 0.356 e. The first-order valence-corrected chi connectivity index (χ1v) is 5.60. The predicted octanol–water partition coefficient (Wildman–Crippen LogP) is 2.54. The van der Waals surface area contributed by atoms with E-state index in [4.69, 9.17) is 11.6 Å². The number of nitrogens with one attached hydrogen (secondary N) is 2. The van der Waals surface area contributed by atoms with Gasteiger partial charge in [0.25, 0.3) is 0 Å². The molecule has 94 valence electrons. The minimum atomic E-state index is -0.295. The van der Waals surface area contributed by atoms with E-state index in [-0.39, 0.29) is 29.8 Å². The molecule has 1 aromatic rings. The van der Waals surface area contributed by atoms with Crippen molar-refractivity contribution in [3.63, 3.8) is 0 Å². The Morgan fingerprint density at radius 3 is 2.94 bits per heavy atom. The van der Waals surface area contributed by atoms with Crippen molar-refractivity contribution in [2.24, 2.45) is 4.99 Å². The number of aliphatic imine (C=N–C) groups is 1. The number of rotatable bonds is 2. The highest BCUT2D eigenvalue weighted by molar-refractivity contribution is 14.0. The van der Waals surface area contributed by atoms with E-state index in [2.05, 4.69) is 15.6 Å². The van der Waals surface area contributed by atoms with Gasteiger partial charge in [-0.3, -0.25) is 4.99 Å². The molecule has 17 heavy (non-hydrogen) atoms. The second kappa shape index (κ2) is 7.00. The summed E-state index contributed by atoms with van der Waals surface area (Å²) in [6.45, 7) is 2.05. The molecule has 0 saturated carbocycles. The maximum absolute atomic E-state index is 13.4.